The maximum absolute atomic E-state index is 11.3. The molecule has 0 amide bonds. The summed E-state index contributed by atoms with van der Waals surface area (Å²) >= 11 is 1.10. The van der Waals surface area contributed by atoms with Crippen molar-refractivity contribution in [2.75, 3.05) is 0 Å². The van der Waals surface area contributed by atoms with E-state index >= 15 is 0 Å². The maximum atomic E-state index is 11.3. The highest BCUT2D eigenvalue weighted by Crippen LogP contribution is 2.33. The highest BCUT2D eigenvalue weighted by Gasteiger charge is 2.20. The minimum absolute atomic E-state index is 0.123. The van der Waals surface area contributed by atoms with Crippen LogP contribution in [0.4, 0.5) is 0 Å². The molecule has 0 aliphatic carbocycles. The van der Waals surface area contributed by atoms with Gasteiger partial charge in [-0.3, -0.25) is 0 Å². The Morgan fingerprint density at radius 1 is 1.24 bits per heavy atom. The van der Waals surface area contributed by atoms with Crippen molar-refractivity contribution < 1.29 is 8.42 Å². The number of benzene rings is 1. The second-order valence-corrected chi connectivity index (χ2v) is 7.40. The Balaban J connectivity index is 2.61. The van der Waals surface area contributed by atoms with E-state index in [1.165, 1.54) is 0 Å². The average molecular weight is 288 g/mol. The molecule has 1 aromatic carbocycles. The van der Waals surface area contributed by atoms with E-state index in [4.69, 9.17) is 10.7 Å². The Bertz CT molecular complexity index is 662. The Morgan fingerprint density at radius 3 is 2.41 bits per heavy atom. The van der Waals surface area contributed by atoms with Gasteiger partial charge in [0, 0.05) is 16.2 Å². The van der Waals surface area contributed by atoms with E-state index in [1.807, 2.05) is 31.2 Å². The van der Waals surface area contributed by atoms with Crippen LogP contribution in [-0.2, 0) is 9.05 Å². The molecule has 2 aromatic rings. The van der Waals surface area contributed by atoms with Gasteiger partial charge < -0.3 is 0 Å². The number of rotatable bonds is 2. The van der Waals surface area contributed by atoms with E-state index in [0.717, 1.165) is 22.5 Å². The van der Waals surface area contributed by atoms with Crippen LogP contribution in [0, 0.1) is 13.8 Å². The van der Waals surface area contributed by atoms with Gasteiger partial charge in [0.25, 0.3) is 9.05 Å². The molecule has 0 aliphatic rings. The molecule has 90 valence electrons. The van der Waals surface area contributed by atoms with Crippen molar-refractivity contribution >= 4 is 31.1 Å². The molecular weight excluding hydrogens is 278 g/mol. The molecule has 0 spiro atoms. The average Bonchev–Trinajstić information content (AvgIpc) is 2.60. The van der Waals surface area contributed by atoms with Crippen molar-refractivity contribution in [3.8, 4) is 10.6 Å². The Kier molecular flexibility index (Phi) is 3.25. The first-order chi connectivity index (χ1) is 7.89. The fraction of sp³-hybridized carbons (Fsp3) is 0.182. The predicted molar refractivity (Wildman–Crippen MR) is 70.1 cm³/mol. The van der Waals surface area contributed by atoms with Crippen LogP contribution < -0.4 is 0 Å². The number of nitrogens with zero attached hydrogens (tertiary/aromatic N) is 1. The van der Waals surface area contributed by atoms with E-state index in [-0.39, 0.29) is 4.21 Å². The summed E-state index contributed by atoms with van der Waals surface area (Å²) in [6, 6.07) is 7.70. The summed E-state index contributed by atoms with van der Waals surface area (Å²) in [4.78, 5) is 4.26. The van der Waals surface area contributed by atoms with E-state index < -0.39 is 9.05 Å². The molecule has 0 N–H and O–H groups in total. The van der Waals surface area contributed by atoms with Crippen LogP contribution in [0.3, 0.4) is 0 Å². The van der Waals surface area contributed by atoms with Gasteiger partial charge >= 0.3 is 0 Å². The number of hydrogen-bond acceptors (Lipinski definition) is 4. The fourth-order valence-corrected chi connectivity index (χ4v) is 4.08. The normalized spacial score (nSPS) is 11.7. The molecule has 0 unspecified atom stereocenters. The van der Waals surface area contributed by atoms with E-state index in [0.29, 0.717) is 10.7 Å². The third-order valence-corrected chi connectivity index (χ3v) is 5.72. The van der Waals surface area contributed by atoms with Gasteiger partial charge in [0.2, 0.25) is 0 Å². The number of halogens is 1. The summed E-state index contributed by atoms with van der Waals surface area (Å²) in [6.45, 7) is 3.61. The van der Waals surface area contributed by atoms with E-state index in [1.54, 1.807) is 6.92 Å². The quantitative estimate of drug-likeness (QED) is 0.796. The van der Waals surface area contributed by atoms with Crippen molar-refractivity contribution in [1.29, 1.82) is 0 Å². The van der Waals surface area contributed by atoms with Gasteiger partial charge in [0.1, 0.15) is 5.01 Å². The molecule has 6 heteroatoms. The monoisotopic (exact) mass is 287 g/mol. The van der Waals surface area contributed by atoms with Gasteiger partial charge in [-0.25, -0.2) is 13.4 Å². The lowest BCUT2D eigenvalue weighted by Crippen LogP contribution is -1.88. The van der Waals surface area contributed by atoms with Gasteiger partial charge in [-0.1, -0.05) is 24.3 Å². The second-order valence-electron chi connectivity index (χ2n) is 3.64. The summed E-state index contributed by atoms with van der Waals surface area (Å²) in [5.41, 5.74) is 2.44. The van der Waals surface area contributed by atoms with Crippen LogP contribution in [-0.4, -0.2) is 13.4 Å². The van der Waals surface area contributed by atoms with E-state index in [2.05, 4.69) is 4.98 Å². The molecule has 2 rings (SSSR count). The van der Waals surface area contributed by atoms with Crippen LogP contribution in [0.25, 0.3) is 10.6 Å². The predicted octanol–water partition coefficient (Wildman–Crippen LogP) is 3.35. The van der Waals surface area contributed by atoms with Crippen LogP contribution in [0.1, 0.15) is 11.3 Å². The minimum Gasteiger partial charge on any atom is -0.240 e. The number of aryl methyl sites for hydroxylation is 2. The largest absolute Gasteiger partial charge is 0.272 e. The smallest absolute Gasteiger partial charge is 0.240 e. The summed E-state index contributed by atoms with van der Waals surface area (Å²) < 4.78 is 22.8. The van der Waals surface area contributed by atoms with Crippen LogP contribution >= 0.6 is 22.0 Å². The molecule has 3 nitrogen and oxygen atoms in total. The summed E-state index contributed by atoms with van der Waals surface area (Å²) in [5, 5.41) is 0.680. The third kappa shape index (κ3) is 2.51. The molecule has 17 heavy (non-hydrogen) atoms. The molecule has 1 aromatic heterocycles. The van der Waals surface area contributed by atoms with Crippen molar-refractivity contribution in [1.82, 2.24) is 4.98 Å². The van der Waals surface area contributed by atoms with Crippen LogP contribution in [0.15, 0.2) is 28.5 Å². The molecule has 0 fully saturated rings. The highest BCUT2D eigenvalue weighted by molar-refractivity contribution is 8.15. The summed E-state index contributed by atoms with van der Waals surface area (Å²) in [5.74, 6) is 0. The van der Waals surface area contributed by atoms with Crippen molar-refractivity contribution in [3.63, 3.8) is 0 Å². The first-order valence-electron chi connectivity index (χ1n) is 4.87. The maximum Gasteiger partial charge on any atom is 0.272 e. The zero-order valence-corrected chi connectivity index (χ0v) is 11.7. The zero-order chi connectivity index (χ0) is 12.6. The first-order valence-corrected chi connectivity index (χ1v) is 8.00. The summed E-state index contributed by atoms with van der Waals surface area (Å²) in [7, 11) is 1.64. The molecule has 0 atom stereocenters. The molecule has 0 saturated carbocycles. The minimum atomic E-state index is -3.71. The van der Waals surface area contributed by atoms with Gasteiger partial charge in [0.05, 0.1) is 5.69 Å². The molecular formula is C11H10ClNO2S2. The standard InChI is InChI=1S/C11H10ClNO2S2/c1-7-5-3-4-6-9(7)10-13-8(2)11(16-10)17(12,14)15/h3-6H,1-2H3. The van der Waals surface area contributed by atoms with Crippen LogP contribution in [0.2, 0.25) is 0 Å². The fourth-order valence-electron chi connectivity index (χ4n) is 1.54. The molecule has 0 aliphatic heterocycles. The van der Waals surface area contributed by atoms with Crippen LogP contribution in [0.5, 0.6) is 0 Å². The summed E-state index contributed by atoms with van der Waals surface area (Å²) in [6.07, 6.45) is 0. The van der Waals surface area contributed by atoms with Gasteiger partial charge in [-0.05, 0) is 19.4 Å². The number of thiazole rings is 1. The van der Waals surface area contributed by atoms with Crippen molar-refractivity contribution in [3.05, 3.63) is 35.5 Å². The Labute approximate surface area is 109 Å². The molecule has 0 saturated heterocycles. The first kappa shape index (κ1) is 12.5. The number of aromatic nitrogens is 1. The highest BCUT2D eigenvalue weighted by atomic mass is 35.7. The Morgan fingerprint density at radius 2 is 1.88 bits per heavy atom. The topological polar surface area (TPSA) is 47.0 Å². The SMILES string of the molecule is Cc1ccccc1-c1nc(C)c(S(=O)(=O)Cl)s1. The van der Waals surface area contributed by atoms with Gasteiger partial charge in [-0.15, -0.1) is 11.3 Å². The third-order valence-electron chi connectivity index (χ3n) is 2.35. The second kappa shape index (κ2) is 4.40. The van der Waals surface area contributed by atoms with Gasteiger partial charge in [0.15, 0.2) is 4.21 Å². The lowest BCUT2D eigenvalue weighted by Gasteiger charge is -1.99. The lowest BCUT2D eigenvalue weighted by molar-refractivity contribution is 0.610. The van der Waals surface area contributed by atoms with Gasteiger partial charge in [-0.2, -0.15) is 0 Å². The van der Waals surface area contributed by atoms with E-state index in [9.17, 15) is 8.42 Å². The molecule has 0 bridgehead atoms. The molecule has 1 heterocycles. The Hall–Kier alpha value is -0.910. The van der Waals surface area contributed by atoms with Crippen molar-refractivity contribution in [2.24, 2.45) is 0 Å². The molecule has 0 radical (unpaired) electrons. The van der Waals surface area contributed by atoms with Crippen molar-refractivity contribution in [2.45, 2.75) is 18.1 Å². The number of hydrogen-bond donors (Lipinski definition) is 0. The lowest BCUT2D eigenvalue weighted by atomic mass is 10.1. The zero-order valence-electron chi connectivity index (χ0n) is 9.27.